The topological polar surface area (TPSA) is 73.6 Å². The van der Waals surface area contributed by atoms with Gasteiger partial charge in [-0.15, -0.1) is 0 Å². The maximum atomic E-state index is 13.7. The quantitative estimate of drug-likeness (QED) is 0.905. The van der Waals surface area contributed by atoms with Gasteiger partial charge in [0.15, 0.2) is 11.5 Å². The Balaban J connectivity index is 1.81. The third kappa shape index (κ3) is 2.60. The predicted molar refractivity (Wildman–Crippen MR) is 74.8 cm³/mol. The molecule has 0 unspecified atom stereocenters. The van der Waals surface area contributed by atoms with Crippen molar-refractivity contribution in [3.63, 3.8) is 0 Å². The number of halogens is 1. The van der Waals surface area contributed by atoms with E-state index in [1.165, 1.54) is 18.2 Å². The summed E-state index contributed by atoms with van der Waals surface area (Å²) >= 11 is 0. The van der Waals surface area contributed by atoms with Crippen molar-refractivity contribution >= 4 is 11.6 Å². The zero-order chi connectivity index (χ0) is 14.8. The van der Waals surface area contributed by atoms with Crippen LogP contribution in [0.15, 0.2) is 36.4 Å². The minimum absolute atomic E-state index is 0.178. The highest BCUT2D eigenvalue weighted by molar-refractivity contribution is 5.93. The van der Waals surface area contributed by atoms with E-state index in [1.807, 2.05) is 12.1 Å². The van der Waals surface area contributed by atoms with Crippen molar-refractivity contribution in [1.29, 1.82) is 0 Å². The van der Waals surface area contributed by atoms with Crippen molar-refractivity contribution in [2.45, 2.75) is 6.54 Å². The molecule has 0 radical (unpaired) electrons. The molecule has 0 aliphatic carbocycles. The van der Waals surface area contributed by atoms with Crippen molar-refractivity contribution in [1.82, 2.24) is 0 Å². The number of para-hydroxylation sites is 1. The number of primary amides is 1. The smallest absolute Gasteiger partial charge is 0.248 e. The number of nitrogens with one attached hydrogen (secondary N) is 1. The van der Waals surface area contributed by atoms with Crippen LogP contribution < -0.4 is 20.5 Å². The van der Waals surface area contributed by atoms with Crippen LogP contribution in [0.4, 0.5) is 10.1 Å². The molecule has 0 bridgehead atoms. The molecule has 3 N–H and O–H groups in total. The van der Waals surface area contributed by atoms with Gasteiger partial charge in [-0.2, -0.15) is 0 Å². The van der Waals surface area contributed by atoms with Crippen LogP contribution in [0.1, 0.15) is 15.9 Å². The van der Waals surface area contributed by atoms with Crippen molar-refractivity contribution in [3.05, 3.63) is 53.3 Å². The number of carbonyl (C=O) groups is 1. The lowest BCUT2D eigenvalue weighted by molar-refractivity contribution is 0.100. The number of hydrogen-bond acceptors (Lipinski definition) is 4. The summed E-state index contributed by atoms with van der Waals surface area (Å²) in [6, 6.07) is 9.44. The number of fused-ring (bicyclic) bond motifs is 1. The van der Waals surface area contributed by atoms with Crippen molar-refractivity contribution in [2.75, 3.05) is 12.1 Å². The lowest BCUT2D eigenvalue weighted by atomic mass is 10.1. The van der Waals surface area contributed by atoms with Gasteiger partial charge in [0.05, 0.1) is 5.69 Å². The van der Waals surface area contributed by atoms with E-state index < -0.39 is 11.7 Å². The second-order valence-corrected chi connectivity index (χ2v) is 4.56. The Morgan fingerprint density at radius 3 is 2.95 bits per heavy atom. The number of anilines is 1. The SMILES string of the molecule is NC(=O)c1ccc(F)c(NCc2cccc3c2OCO3)c1. The molecule has 1 amide bonds. The highest BCUT2D eigenvalue weighted by atomic mass is 19.1. The summed E-state index contributed by atoms with van der Waals surface area (Å²) in [6.45, 7) is 0.517. The van der Waals surface area contributed by atoms with Gasteiger partial charge in [0, 0.05) is 17.7 Å². The van der Waals surface area contributed by atoms with Crippen LogP contribution in [0.2, 0.25) is 0 Å². The molecule has 6 heteroatoms. The van der Waals surface area contributed by atoms with Gasteiger partial charge in [0.25, 0.3) is 0 Å². The molecule has 108 valence electrons. The zero-order valence-corrected chi connectivity index (χ0v) is 11.1. The van der Waals surface area contributed by atoms with Gasteiger partial charge in [-0.05, 0) is 24.3 Å². The molecule has 0 saturated carbocycles. The predicted octanol–water partition coefficient (Wildman–Crippen LogP) is 2.27. The molecule has 0 spiro atoms. The summed E-state index contributed by atoms with van der Waals surface area (Å²) in [7, 11) is 0. The van der Waals surface area contributed by atoms with Crippen LogP contribution in [-0.2, 0) is 6.54 Å². The van der Waals surface area contributed by atoms with E-state index >= 15 is 0 Å². The van der Waals surface area contributed by atoms with Crippen molar-refractivity contribution in [2.24, 2.45) is 5.73 Å². The average Bonchev–Trinajstić information content (AvgIpc) is 2.95. The van der Waals surface area contributed by atoms with Gasteiger partial charge in [-0.1, -0.05) is 12.1 Å². The maximum Gasteiger partial charge on any atom is 0.248 e. The number of hydrogen-bond donors (Lipinski definition) is 2. The Morgan fingerprint density at radius 1 is 1.29 bits per heavy atom. The summed E-state index contributed by atoms with van der Waals surface area (Å²) in [4.78, 5) is 11.1. The third-order valence-corrected chi connectivity index (χ3v) is 3.20. The zero-order valence-electron chi connectivity index (χ0n) is 11.1. The van der Waals surface area contributed by atoms with Crippen LogP contribution in [0.25, 0.3) is 0 Å². The molecule has 0 fully saturated rings. The lowest BCUT2D eigenvalue weighted by Crippen LogP contribution is -2.12. The first kappa shape index (κ1) is 13.2. The fraction of sp³-hybridized carbons (Fsp3) is 0.133. The van der Waals surface area contributed by atoms with Crippen LogP contribution in [0, 0.1) is 5.82 Å². The lowest BCUT2D eigenvalue weighted by Gasteiger charge is -2.10. The van der Waals surface area contributed by atoms with Gasteiger partial charge < -0.3 is 20.5 Å². The van der Waals surface area contributed by atoms with Gasteiger partial charge in [-0.3, -0.25) is 4.79 Å². The molecule has 2 aromatic rings. The second kappa shape index (κ2) is 5.32. The Labute approximate surface area is 120 Å². The molecule has 0 atom stereocenters. The molecule has 1 aliphatic heterocycles. The molecule has 5 nitrogen and oxygen atoms in total. The number of amides is 1. The molecular formula is C15H13FN2O3. The minimum atomic E-state index is -0.601. The molecule has 3 rings (SSSR count). The first-order valence-corrected chi connectivity index (χ1v) is 6.36. The average molecular weight is 288 g/mol. The highest BCUT2D eigenvalue weighted by Crippen LogP contribution is 2.35. The van der Waals surface area contributed by atoms with Crippen LogP contribution >= 0.6 is 0 Å². The Morgan fingerprint density at radius 2 is 2.14 bits per heavy atom. The largest absolute Gasteiger partial charge is 0.454 e. The highest BCUT2D eigenvalue weighted by Gasteiger charge is 2.17. The molecule has 1 aliphatic rings. The summed E-state index contributed by atoms with van der Waals surface area (Å²) in [6.07, 6.45) is 0. The molecule has 21 heavy (non-hydrogen) atoms. The summed E-state index contributed by atoms with van der Waals surface area (Å²) in [5.74, 6) is 0.261. The molecule has 0 saturated heterocycles. The number of ether oxygens (including phenoxy) is 2. The van der Waals surface area contributed by atoms with Crippen LogP contribution in [-0.4, -0.2) is 12.7 Å². The summed E-state index contributed by atoms with van der Waals surface area (Å²) in [5.41, 5.74) is 6.49. The number of benzene rings is 2. The fourth-order valence-electron chi connectivity index (χ4n) is 2.13. The maximum absolute atomic E-state index is 13.7. The van der Waals surface area contributed by atoms with E-state index in [2.05, 4.69) is 5.32 Å². The van der Waals surface area contributed by atoms with E-state index in [-0.39, 0.29) is 18.0 Å². The van der Waals surface area contributed by atoms with Gasteiger partial charge >= 0.3 is 0 Å². The summed E-state index contributed by atoms with van der Waals surface area (Å²) in [5, 5.41) is 2.94. The van der Waals surface area contributed by atoms with Crippen molar-refractivity contribution in [3.8, 4) is 11.5 Å². The summed E-state index contributed by atoms with van der Waals surface area (Å²) < 4.78 is 24.4. The van der Waals surface area contributed by atoms with E-state index in [9.17, 15) is 9.18 Å². The minimum Gasteiger partial charge on any atom is -0.454 e. The number of nitrogens with two attached hydrogens (primary N) is 1. The Hall–Kier alpha value is -2.76. The van der Waals surface area contributed by atoms with Crippen LogP contribution in [0.3, 0.4) is 0 Å². The number of rotatable bonds is 4. The van der Waals surface area contributed by atoms with E-state index in [4.69, 9.17) is 15.2 Å². The van der Waals surface area contributed by atoms with Crippen molar-refractivity contribution < 1.29 is 18.7 Å². The normalized spacial score (nSPS) is 12.2. The molecule has 1 heterocycles. The van der Waals surface area contributed by atoms with Gasteiger partial charge in [0.2, 0.25) is 12.7 Å². The molecular weight excluding hydrogens is 275 g/mol. The van der Waals surface area contributed by atoms with E-state index in [1.54, 1.807) is 6.07 Å². The fourth-order valence-corrected chi connectivity index (χ4v) is 2.13. The first-order valence-electron chi connectivity index (χ1n) is 6.36. The first-order chi connectivity index (χ1) is 10.1. The Kier molecular flexibility index (Phi) is 3.35. The Bertz CT molecular complexity index is 703. The number of carbonyl (C=O) groups excluding carboxylic acids is 1. The second-order valence-electron chi connectivity index (χ2n) is 4.56. The monoisotopic (exact) mass is 288 g/mol. The molecule has 2 aromatic carbocycles. The molecule has 0 aromatic heterocycles. The standard InChI is InChI=1S/C15H13FN2O3/c16-11-5-4-9(15(17)19)6-12(11)18-7-10-2-1-3-13-14(10)21-8-20-13/h1-6,18H,7-8H2,(H2,17,19). The van der Waals surface area contributed by atoms with Crippen LogP contribution in [0.5, 0.6) is 11.5 Å². The van der Waals surface area contributed by atoms with Gasteiger partial charge in [0.1, 0.15) is 5.82 Å². The van der Waals surface area contributed by atoms with Gasteiger partial charge in [-0.25, -0.2) is 4.39 Å². The van der Waals surface area contributed by atoms with E-state index in [0.717, 1.165) is 5.56 Å². The third-order valence-electron chi connectivity index (χ3n) is 3.20. The van der Waals surface area contributed by atoms with E-state index in [0.29, 0.717) is 18.0 Å².